The van der Waals surface area contributed by atoms with Crippen molar-refractivity contribution in [2.24, 2.45) is 5.73 Å². The Morgan fingerprint density at radius 2 is 2.17 bits per heavy atom. The normalized spacial score (nSPS) is 12.5. The highest BCUT2D eigenvalue weighted by Crippen LogP contribution is 2.33. The predicted octanol–water partition coefficient (Wildman–Crippen LogP) is 5.09. The summed E-state index contributed by atoms with van der Waals surface area (Å²) >= 11 is 3.29. The molecule has 0 aliphatic heterocycles. The molecule has 122 valence electrons. The smallest absolute Gasteiger partial charge is 0.178 e. The van der Waals surface area contributed by atoms with Crippen molar-refractivity contribution in [3.8, 4) is 17.0 Å². The zero-order chi connectivity index (χ0) is 16.4. The van der Waals surface area contributed by atoms with Crippen molar-refractivity contribution >= 4 is 33.0 Å². The van der Waals surface area contributed by atoms with E-state index in [0.29, 0.717) is 6.61 Å². The molecule has 0 saturated carbocycles. The summed E-state index contributed by atoms with van der Waals surface area (Å²) in [7, 11) is 0. The molecule has 3 aromatic heterocycles. The lowest BCUT2D eigenvalue weighted by molar-refractivity contribution is 0.299. The van der Waals surface area contributed by atoms with E-state index in [4.69, 9.17) is 15.0 Å². The van der Waals surface area contributed by atoms with E-state index in [2.05, 4.69) is 16.6 Å². The van der Waals surface area contributed by atoms with E-state index >= 15 is 0 Å². The number of rotatable bonds is 6. The fourth-order valence-corrected chi connectivity index (χ4v) is 4.09. The van der Waals surface area contributed by atoms with Crippen LogP contribution in [0.3, 0.4) is 0 Å². The lowest BCUT2D eigenvalue weighted by atomic mass is 10.1. The first-order valence-corrected chi connectivity index (χ1v) is 9.47. The van der Waals surface area contributed by atoms with Gasteiger partial charge in [0.1, 0.15) is 16.1 Å². The van der Waals surface area contributed by atoms with Crippen molar-refractivity contribution in [2.45, 2.75) is 12.5 Å². The van der Waals surface area contributed by atoms with E-state index in [0.717, 1.165) is 33.7 Å². The summed E-state index contributed by atoms with van der Waals surface area (Å²) in [5, 5.41) is 10.3. The average molecular weight is 356 g/mol. The number of benzene rings is 1. The Morgan fingerprint density at radius 1 is 1.21 bits per heavy atom. The number of hydrogen-bond acceptors (Lipinski definition) is 6. The van der Waals surface area contributed by atoms with Crippen LogP contribution in [0.4, 0.5) is 0 Å². The third-order valence-corrected chi connectivity index (χ3v) is 5.46. The van der Waals surface area contributed by atoms with Gasteiger partial charge in [-0.15, -0.1) is 11.3 Å². The van der Waals surface area contributed by atoms with E-state index < -0.39 is 0 Å². The quantitative estimate of drug-likeness (QED) is 0.523. The molecule has 0 aliphatic rings. The molecule has 0 radical (unpaired) electrons. The van der Waals surface area contributed by atoms with Crippen molar-refractivity contribution in [1.29, 1.82) is 0 Å². The van der Waals surface area contributed by atoms with Crippen LogP contribution >= 0.6 is 22.7 Å². The molecule has 1 unspecified atom stereocenters. The van der Waals surface area contributed by atoms with Gasteiger partial charge in [-0.2, -0.15) is 11.3 Å². The summed E-state index contributed by atoms with van der Waals surface area (Å²) in [6, 6.07) is 11.9. The third-order valence-electron chi connectivity index (χ3n) is 3.86. The Labute approximate surface area is 147 Å². The van der Waals surface area contributed by atoms with E-state index in [-0.39, 0.29) is 6.04 Å². The van der Waals surface area contributed by atoms with E-state index in [1.165, 1.54) is 5.56 Å². The van der Waals surface area contributed by atoms with Crippen LogP contribution in [0.25, 0.3) is 21.5 Å². The molecule has 1 atom stereocenters. The van der Waals surface area contributed by atoms with Crippen LogP contribution in [-0.4, -0.2) is 11.8 Å². The van der Waals surface area contributed by atoms with E-state index in [9.17, 15) is 0 Å². The van der Waals surface area contributed by atoms with Crippen LogP contribution in [0, 0.1) is 0 Å². The average Bonchev–Trinajstić information content (AvgIpc) is 3.32. The summed E-state index contributed by atoms with van der Waals surface area (Å²) in [5.41, 5.74) is 10.0. The fraction of sp³-hybridized carbons (Fsp3) is 0.167. The highest BCUT2D eigenvalue weighted by Gasteiger charge is 2.12. The molecule has 1 aromatic carbocycles. The van der Waals surface area contributed by atoms with Gasteiger partial charge in [0.2, 0.25) is 0 Å². The lowest BCUT2D eigenvalue weighted by Crippen LogP contribution is -2.13. The molecule has 2 N–H and O–H groups in total. The molecule has 0 fully saturated rings. The van der Waals surface area contributed by atoms with Gasteiger partial charge in [0.15, 0.2) is 5.58 Å². The van der Waals surface area contributed by atoms with Crippen molar-refractivity contribution in [1.82, 2.24) is 5.16 Å². The summed E-state index contributed by atoms with van der Waals surface area (Å²) < 4.78 is 12.3. The van der Waals surface area contributed by atoms with Gasteiger partial charge in [0, 0.05) is 18.0 Å². The Kier molecular flexibility index (Phi) is 4.34. The van der Waals surface area contributed by atoms with Gasteiger partial charge >= 0.3 is 0 Å². The zero-order valence-electron chi connectivity index (χ0n) is 12.8. The predicted molar refractivity (Wildman–Crippen MR) is 98.7 cm³/mol. The Bertz CT molecular complexity index is 927. The molecule has 0 spiro atoms. The lowest BCUT2D eigenvalue weighted by Gasteiger charge is -2.11. The highest BCUT2D eigenvalue weighted by molar-refractivity contribution is 7.17. The molecule has 4 aromatic rings. The van der Waals surface area contributed by atoms with Crippen LogP contribution in [-0.2, 0) is 0 Å². The summed E-state index contributed by atoms with van der Waals surface area (Å²) in [5.74, 6) is 0.817. The van der Waals surface area contributed by atoms with Gasteiger partial charge in [-0.3, -0.25) is 0 Å². The SMILES string of the molecule is NC(CCOc1cccc(-c2noc3ccsc23)c1)c1ccsc1. The molecule has 3 heterocycles. The number of thiophene rings is 2. The first-order chi connectivity index (χ1) is 11.8. The third kappa shape index (κ3) is 3.08. The van der Waals surface area contributed by atoms with E-state index in [1.54, 1.807) is 22.7 Å². The van der Waals surface area contributed by atoms with Crippen molar-refractivity contribution in [3.63, 3.8) is 0 Å². The first kappa shape index (κ1) is 15.4. The largest absolute Gasteiger partial charge is 0.494 e. The van der Waals surface area contributed by atoms with Gasteiger partial charge in [-0.05, 0) is 46.0 Å². The highest BCUT2D eigenvalue weighted by atomic mass is 32.1. The second-order valence-electron chi connectivity index (χ2n) is 5.47. The second-order valence-corrected chi connectivity index (χ2v) is 7.17. The molecule has 0 aliphatic carbocycles. The number of nitrogens with two attached hydrogens (primary N) is 1. The molecular formula is C18H16N2O2S2. The zero-order valence-corrected chi connectivity index (χ0v) is 14.5. The topological polar surface area (TPSA) is 61.3 Å². The van der Waals surface area contributed by atoms with E-state index in [1.807, 2.05) is 41.1 Å². The first-order valence-electron chi connectivity index (χ1n) is 7.65. The van der Waals surface area contributed by atoms with Crippen molar-refractivity contribution < 1.29 is 9.26 Å². The van der Waals surface area contributed by atoms with Crippen LogP contribution in [0.2, 0.25) is 0 Å². The Balaban J connectivity index is 1.44. The summed E-state index contributed by atoms with van der Waals surface area (Å²) in [4.78, 5) is 0. The maximum absolute atomic E-state index is 6.17. The number of fused-ring (bicyclic) bond motifs is 1. The monoisotopic (exact) mass is 356 g/mol. The summed E-state index contributed by atoms with van der Waals surface area (Å²) in [6.07, 6.45) is 0.778. The Hall–Kier alpha value is -2.15. The second kappa shape index (κ2) is 6.76. The van der Waals surface area contributed by atoms with Crippen molar-refractivity contribution in [2.75, 3.05) is 6.61 Å². The number of hydrogen-bond donors (Lipinski definition) is 1. The Morgan fingerprint density at radius 3 is 3.04 bits per heavy atom. The molecule has 4 nitrogen and oxygen atoms in total. The fourth-order valence-electron chi connectivity index (χ4n) is 2.55. The van der Waals surface area contributed by atoms with Crippen LogP contribution < -0.4 is 10.5 Å². The molecule has 24 heavy (non-hydrogen) atoms. The minimum Gasteiger partial charge on any atom is -0.494 e. The number of ether oxygens (including phenoxy) is 1. The minimum absolute atomic E-state index is 0.0146. The standard InChI is InChI=1S/C18H16N2O2S2/c19-15(13-5-8-23-11-13)4-7-21-14-3-1-2-12(10-14)17-18-16(22-20-17)6-9-24-18/h1-3,5-6,8-11,15H,4,7,19H2. The molecule has 0 saturated heterocycles. The molecule has 4 rings (SSSR count). The van der Waals surface area contributed by atoms with Gasteiger partial charge < -0.3 is 15.0 Å². The van der Waals surface area contributed by atoms with Crippen molar-refractivity contribution in [3.05, 3.63) is 58.1 Å². The minimum atomic E-state index is 0.0146. The number of nitrogens with zero attached hydrogens (tertiary/aromatic N) is 1. The molecular weight excluding hydrogens is 340 g/mol. The van der Waals surface area contributed by atoms with Gasteiger partial charge in [-0.1, -0.05) is 17.3 Å². The molecule has 6 heteroatoms. The maximum Gasteiger partial charge on any atom is 0.178 e. The van der Waals surface area contributed by atoms with Gasteiger partial charge in [0.05, 0.1) is 6.61 Å². The van der Waals surface area contributed by atoms with Gasteiger partial charge in [0.25, 0.3) is 0 Å². The number of aromatic nitrogens is 1. The van der Waals surface area contributed by atoms with Crippen LogP contribution in [0.1, 0.15) is 18.0 Å². The molecule has 0 amide bonds. The summed E-state index contributed by atoms with van der Waals surface area (Å²) in [6.45, 7) is 0.577. The maximum atomic E-state index is 6.17. The van der Waals surface area contributed by atoms with Crippen LogP contribution in [0.5, 0.6) is 5.75 Å². The van der Waals surface area contributed by atoms with Crippen LogP contribution in [0.15, 0.2) is 57.1 Å². The van der Waals surface area contributed by atoms with Gasteiger partial charge in [-0.25, -0.2) is 0 Å². The molecule has 0 bridgehead atoms.